The molecule has 1 aromatic heterocycles. The van der Waals surface area contributed by atoms with Crippen LogP contribution in [0, 0.1) is 0 Å². The van der Waals surface area contributed by atoms with Crippen LogP contribution in [0.2, 0.25) is 0 Å². The Balaban J connectivity index is 1.08. The Morgan fingerprint density at radius 1 is 0.377 bits per heavy atom. The summed E-state index contributed by atoms with van der Waals surface area (Å²) in [5.74, 6) is 0. The second-order valence-electron chi connectivity index (χ2n) is 18.1. The molecule has 0 saturated heterocycles. The van der Waals surface area contributed by atoms with E-state index >= 15 is 0 Å². The number of fused-ring (bicyclic) bond motifs is 12. The Morgan fingerprint density at radius 3 is 1.39 bits per heavy atom. The van der Waals surface area contributed by atoms with Gasteiger partial charge in [0.2, 0.25) is 0 Å². The minimum Gasteiger partial charge on any atom is -0.343 e. The lowest BCUT2D eigenvalue weighted by Crippen LogP contribution is -2.18. The van der Waals surface area contributed by atoms with E-state index in [2.05, 4.69) is 232 Å². The van der Waals surface area contributed by atoms with Crippen LogP contribution in [0.4, 0.5) is 17.1 Å². The highest BCUT2D eigenvalue weighted by Gasteiger charge is 2.38. The third kappa shape index (κ3) is 5.03. The minimum atomic E-state index is -0.117. The summed E-state index contributed by atoms with van der Waals surface area (Å²) >= 11 is 0. The van der Waals surface area contributed by atoms with Gasteiger partial charge in [0.1, 0.15) is 0 Å². The van der Waals surface area contributed by atoms with Gasteiger partial charge in [-0.3, -0.25) is 0 Å². The predicted molar refractivity (Wildman–Crippen MR) is 259 cm³/mol. The number of rotatable bonds is 5. The lowest BCUT2D eigenvalue weighted by Gasteiger charge is -2.30. The minimum absolute atomic E-state index is 0.117. The number of aromatic nitrogens is 1. The molecule has 292 valence electrons. The zero-order valence-electron chi connectivity index (χ0n) is 35.3. The van der Waals surface area contributed by atoms with E-state index in [4.69, 9.17) is 0 Å². The van der Waals surface area contributed by atoms with Crippen molar-refractivity contribution in [2.45, 2.75) is 38.5 Å². The topological polar surface area (TPSA) is 8.17 Å². The van der Waals surface area contributed by atoms with Crippen LogP contribution in [0.15, 0.2) is 188 Å². The molecule has 1 heterocycles. The summed E-state index contributed by atoms with van der Waals surface area (Å²) < 4.78 is 2.43. The number of hydrogen-bond acceptors (Lipinski definition) is 1. The maximum Gasteiger partial charge on any atom is 0.0575 e. The molecule has 0 saturated carbocycles. The molecule has 2 aliphatic rings. The Hall–Kier alpha value is -7.16. The zero-order valence-corrected chi connectivity index (χ0v) is 35.3. The maximum atomic E-state index is 2.48. The van der Waals surface area contributed by atoms with Gasteiger partial charge in [0.05, 0.1) is 11.2 Å². The van der Waals surface area contributed by atoms with E-state index in [0.717, 1.165) is 17.1 Å². The number of hydrogen-bond donors (Lipinski definition) is 0. The van der Waals surface area contributed by atoms with Crippen molar-refractivity contribution in [3.05, 3.63) is 210 Å². The monoisotopic (exact) mass is 782 g/mol. The summed E-state index contributed by atoms with van der Waals surface area (Å²) in [6.45, 7) is 9.49. The number of nitrogens with zero attached hydrogens (tertiary/aromatic N) is 2. The van der Waals surface area contributed by atoms with Gasteiger partial charge in [-0.05, 0) is 108 Å². The smallest absolute Gasteiger partial charge is 0.0575 e. The lowest BCUT2D eigenvalue weighted by atomic mass is 9.82. The van der Waals surface area contributed by atoms with Gasteiger partial charge in [0.15, 0.2) is 0 Å². The molecule has 0 N–H and O–H groups in total. The predicted octanol–water partition coefficient (Wildman–Crippen LogP) is 15.9. The van der Waals surface area contributed by atoms with Gasteiger partial charge in [0, 0.05) is 51.3 Å². The summed E-state index contributed by atoms with van der Waals surface area (Å²) in [6, 6.07) is 70.2. The summed E-state index contributed by atoms with van der Waals surface area (Å²) in [5, 5.41) is 6.40. The van der Waals surface area contributed by atoms with E-state index in [1.165, 1.54) is 99.3 Å². The first-order chi connectivity index (χ1) is 29.7. The van der Waals surface area contributed by atoms with E-state index in [1.807, 2.05) is 0 Å². The molecule has 9 aromatic carbocycles. The second kappa shape index (κ2) is 12.9. The van der Waals surface area contributed by atoms with Gasteiger partial charge in [0.25, 0.3) is 0 Å². The van der Waals surface area contributed by atoms with Gasteiger partial charge in [-0.1, -0.05) is 179 Å². The normalized spacial score (nSPS) is 14.2. The van der Waals surface area contributed by atoms with E-state index < -0.39 is 0 Å². The van der Waals surface area contributed by atoms with Gasteiger partial charge >= 0.3 is 0 Å². The molecule has 2 nitrogen and oxygen atoms in total. The highest BCUT2D eigenvalue weighted by molar-refractivity contribution is 6.29. The molecule has 0 radical (unpaired) electrons. The van der Waals surface area contributed by atoms with Crippen molar-refractivity contribution in [2.24, 2.45) is 7.05 Å². The summed E-state index contributed by atoms with van der Waals surface area (Å²) in [7, 11) is 2.24. The highest BCUT2D eigenvalue weighted by Crippen LogP contribution is 2.54. The van der Waals surface area contributed by atoms with Crippen LogP contribution in [-0.2, 0) is 17.9 Å². The molecular weight excluding hydrogens is 737 g/mol. The lowest BCUT2D eigenvalue weighted by molar-refractivity contribution is 0.660. The van der Waals surface area contributed by atoms with Crippen LogP contribution >= 0.6 is 0 Å². The van der Waals surface area contributed by atoms with Gasteiger partial charge in [-0.25, -0.2) is 0 Å². The van der Waals surface area contributed by atoms with E-state index in [1.54, 1.807) is 0 Å². The second-order valence-corrected chi connectivity index (χ2v) is 18.1. The van der Waals surface area contributed by atoms with Crippen molar-refractivity contribution < 1.29 is 0 Å². The van der Waals surface area contributed by atoms with Crippen LogP contribution in [0.3, 0.4) is 0 Å². The Kier molecular flexibility index (Phi) is 7.57. The molecular formula is C59H46N2. The van der Waals surface area contributed by atoms with Crippen LogP contribution in [0.5, 0.6) is 0 Å². The molecule has 0 spiro atoms. The molecule has 0 aliphatic heterocycles. The van der Waals surface area contributed by atoms with Crippen molar-refractivity contribution in [3.63, 3.8) is 0 Å². The molecule has 10 aromatic rings. The van der Waals surface area contributed by atoms with Crippen LogP contribution < -0.4 is 4.90 Å². The van der Waals surface area contributed by atoms with E-state index in [0.29, 0.717) is 0 Å². The number of benzene rings is 9. The fraction of sp³-hybridized carbons (Fsp3) is 0.119. The first-order valence-electron chi connectivity index (χ1n) is 21.6. The molecule has 0 amide bonds. The Labute approximate surface area is 358 Å². The van der Waals surface area contributed by atoms with Crippen molar-refractivity contribution in [2.75, 3.05) is 4.90 Å². The Morgan fingerprint density at radius 2 is 0.820 bits per heavy atom. The molecule has 61 heavy (non-hydrogen) atoms. The summed E-state index contributed by atoms with van der Waals surface area (Å²) in [6.07, 6.45) is 0. The van der Waals surface area contributed by atoms with Crippen molar-refractivity contribution in [1.82, 2.24) is 4.57 Å². The maximum absolute atomic E-state index is 2.48. The Bertz CT molecular complexity index is 3310. The number of aryl methyl sites for hydroxylation is 1. The largest absolute Gasteiger partial charge is 0.343 e. The fourth-order valence-electron chi connectivity index (χ4n) is 11.2. The molecule has 0 bridgehead atoms. The van der Waals surface area contributed by atoms with Crippen molar-refractivity contribution in [3.8, 4) is 44.6 Å². The van der Waals surface area contributed by atoms with Gasteiger partial charge in [-0.2, -0.15) is 0 Å². The van der Waals surface area contributed by atoms with Crippen molar-refractivity contribution >= 4 is 49.5 Å². The molecule has 0 fully saturated rings. The third-order valence-corrected chi connectivity index (χ3v) is 14.2. The molecule has 0 unspecified atom stereocenters. The molecule has 2 heteroatoms. The van der Waals surface area contributed by atoms with Gasteiger partial charge < -0.3 is 9.47 Å². The average Bonchev–Trinajstić information content (AvgIpc) is 3.83. The molecule has 12 rings (SSSR count). The number of anilines is 3. The first-order valence-corrected chi connectivity index (χ1v) is 21.6. The van der Waals surface area contributed by atoms with Crippen LogP contribution in [-0.4, -0.2) is 4.57 Å². The zero-order chi connectivity index (χ0) is 41.2. The molecule has 2 aliphatic carbocycles. The summed E-state index contributed by atoms with van der Waals surface area (Å²) in [5.41, 5.74) is 20.2. The average molecular weight is 783 g/mol. The van der Waals surface area contributed by atoms with Crippen molar-refractivity contribution in [1.29, 1.82) is 0 Å². The third-order valence-electron chi connectivity index (χ3n) is 14.2. The van der Waals surface area contributed by atoms with Crippen LogP contribution in [0.25, 0.3) is 77.1 Å². The van der Waals surface area contributed by atoms with E-state index in [9.17, 15) is 0 Å². The summed E-state index contributed by atoms with van der Waals surface area (Å²) in [4.78, 5) is 2.48. The highest BCUT2D eigenvalue weighted by atomic mass is 15.1. The quantitative estimate of drug-likeness (QED) is 0.158. The molecule has 0 atom stereocenters. The van der Waals surface area contributed by atoms with E-state index in [-0.39, 0.29) is 10.8 Å². The van der Waals surface area contributed by atoms with Crippen LogP contribution in [0.1, 0.15) is 49.9 Å². The standard InChI is InChI=1S/C59H46N2/c1-58(2)50-25-15-13-21-44(50)46-33-31-40(35-52(46)58)61(41-32-34-47-45-22-14-16-26-51(45)59(3,4)53(47)36-41)39-29-27-37(28-30-39)54-55-48-23-11-9-19-42(48)43-20-10-12-24-49(43)57(55)60(5)56(54)38-17-7-6-8-18-38/h6-36H,1-5H3. The fourth-order valence-corrected chi connectivity index (χ4v) is 11.2. The SMILES string of the molecule is Cn1c(-c2ccccc2)c(-c2ccc(N(c3ccc4c(c3)C(C)(C)c3ccccc3-4)c3ccc4c(c3)C(C)(C)c3ccccc3-4)cc2)c2c3ccccc3c3ccccc3c21. The first kappa shape index (κ1) is 35.8. The van der Waals surface area contributed by atoms with Gasteiger partial charge in [-0.15, -0.1) is 0 Å².